The highest BCUT2D eigenvalue weighted by Gasteiger charge is 2.41. The van der Waals surface area contributed by atoms with E-state index in [0.717, 1.165) is 0 Å². The van der Waals surface area contributed by atoms with Gasteiger partial charge in [-0.1, -0.05) is 6.92 Å². The zero-order valence-electron chi connectivity index (χ0n) is 7.98. The van der Waals surface area contributed by atoms with Gasteiger partial charge in [-0.05, 0) is 19.4 Å². The minimum absolute atomic E-state index is 0.290. The molecule has 14 heavy (non-hydrogen) atoms. The molecule has 6 heteroatoms. The molecule has 0 aliphatic rings. The fourth-order valence-electron chi connectivity index (χ4n) is 0.883. The maximum Gasteiger partial charge on any atom is 0.330 e. The quantitative estimate of drug-likeness (QED) is 0.662. The molecule has 0 aliphatic heterocycles. The summed E-state index contributed by atoms with van der Waals surface area (Å²) < 4.78 is 52.8. The third kappa shape index (κ3) is 4.76. The highest BCUT2D eigenvalue weighted by atomic mass is 19.3. The van der Waals surface area contributed by atoms with E-state index >= 15 is 0 Å². The van der Waals surface area contributed by atoms with E-state index in [1.807, 2.05) is 0 Å². The van der Waals surface area contributed by atoms with Crippen LogP contribution in [0.3, 0.4) is 0 Å². The Balaban J connectivity index is 3.89. The number of ether oxygens (including phenoxy) is 1. The Morgan fingerprint density at radius 1 is 1.36 bits per heavy atom. The lowest BCUT2D eigenvalue weighted by atomic mass is 10.2. The Bertz CT molecular complexity index is 154. The second-order valence-corrected chi connectivity index (χ2v) is 2.98. The van der Waals surface area contributed by atoms with E-state index in [0.29, 0.717) is 19.4 Å². The van der Waals surface area contributed by atoms with Crippen molar-refractivity contribution in [2.45, 2.75) is 38.2 Å². The lowest BCUT2D eigenvalue weighted by Gasteiger charge is -2.20. The van der Waals surface area contributed by atoms with Crippen molar-refractivity contribution < 1.29 is 22.3 Å². The van der Waals surface area contributed by atoms with Gasteiger partial charge >= 0.3 is 12.3 Å². The Hall–Kier alpha value is -0.360. The molecule has 0 saturated carbocycles. The molecule has 0 fully saturated rings. The van der Waals surface area contributed by atoms with E-state index in [1.54, 1.807) is 6.92 Å². The van der Waals surface area contributed by atoms with Gasteiger partial charge in [0.1, 0.15) is 6.61 Å². The summed E-state index contributed by atoms with van der Waals surface area (Å²) in [5, 5.41) is 0. The topological polar surface area (TPSA) is 35.2 Å². The molecule has 0 spiro atoms. The smallest absolute Gasteiger partial charge is 0.330 e. The SMILES string of the molecule is CCC(CCN)OCC(F)(F)C(F)F. The molecule has 1 unspecified atom stereocenters. The third-order valence-electron chi connectivity index (χ3n) is 1.77. The summed E-state index contributed by atoms with van der Waals surface area (Å²) >= 11 is 0. The molecule has 0 rings (SSSR count). The van der Waals surface area contributed by atoms with Crippen molar-refractivity contribution in [3.8, 4) is 0 Å². The Morgan fingerprint density at radius 2 is 1.93 bits per heavy atom. The molecular weight excluding hydrogens is 202 g/mol. The molecule has 0 radical (unpaired) electrons. The van der Waals surface area contributed by atoms with Crippen LogP contribution in [0.5, 0.6) is 0 Å². The van der Waals surface area contributed by atoms with Crippen LogP contribution in [-0.2, 0) is 4.74 Å². The minimum atomic E-state index is -4.07. The van der Waals surface area contributed by atoms with Gasteiger partial charge in [0.15, 0.2) is 0 Å². The summed E-state index contributed by atoms with van der Waals surface area (Å²) in [5.41, 5.74) is 5.19. The van der Waals surface area contributed by atoms with Gasteiger partial charge in [-0.25, -0.2) is 8.78 Å². The van der Waals surface area contributed by atoms with Crippen molar-refractivity contribution in [2.24, 2.45) is 5.73 Å². The molecule has 0 aromatic carbocycles. The van der Waals surface area contributed by atoms with E-state index in [4.69, 9.17) is 5.73 Å². The van der Waals surface area contributed by atoms with Crippen LogP contribution in [0.25, 0.3) is 0 Å². The number of halogens is 4. The van der Waals surface area contributed by atoms with E-state index < -0.39 is 25.1 Å². The molecule has 1 atom stereocenters. The normalized spacial score (nSPS) is 14.8. The largest absolute Gasteiger partial charge is 0.372 e. The first kappa shape index (κ1) is 13.6. The average molecular weight is 217 g/mol. The van der Waals surface area contributed by atoms with Gasteiger partial charge in [-0.15, -0.1) is 0 Å². The molecule has 0 aromatic rings. The van der Waals surface area contributed by atoms with Crippen LogP contribution >= 0.6 is 0 Å². The summed E-state index contributed by atoms with van der Waals surface area (Å²) in [7, 11) is 0. The van der Waals surface area contributed by atoms with Crippen molar-refractivity contribution in [3.63, 3.8) is 0 Å². The third-order valence-corrected chi connectivity index (χ3v) is 1.77. The Kier molecular flexibility index (Phi) is 6.03. The molecule has 0 aliphatic carbocycles. The number of rotatable bonds is 7. The predicted molar refractivity (Wildman–Crippen MR) is 44.7 cm³/mol. The van der Waals surface area contributed by atoms with Gasteiger partial charge in [0, 0.05) is 0 Å². The van der Waals surface area contributed by atoms with Crippen molar-refractivity contribution in [1.82, 2.24) is 0 Å². The summed E-state index contributed by atoms with van der Waals surface area (Å²) in [5.74, 6) is -4.07. The number of hydrogen-bond acceptors (Lipinski definition) is 2. The first-order valence-electron chi connectivity index (χ1n) is 4.41. The van der Waals surface area contributed by atoms with Crippen LogP contribution in [-0.4, -0.2) is 31.6 Å². The van der Waals surface area contributed by atoms with Gasteiger partial charge in [0.25, 0.3) is 0 Å². The van der Waals surface area contributed by atoms with Crippen molar-refractivity contribution in [3.05, 3.63) is 0 Å². The highest BCUT2D eigenvalue weighted by Crippen LogP contribution is 2.23. The molecule has 0 aromatic heterocycles. The Labute approximate surface area is 80.4 Å². The van der Waals surface area contributed by atoms with Crippen LogP contribution < -0.4 is 5.73 Å². The fourth-order valence-corrected chi connectivity index (χ4v) is 0.883. The zero-order chi connectivity index (χ0) is 11.2. The molecular formula is C8H15F4NO. The predicted octanol–water partition coefficient (Wildman–Crippen LogP) is 2.03. The molecule has 86 valence electrons. The molecule has 0 amide bonds. The molecule has 0 bridgehead atoms. The highest BCUT2D eigenvalue weighted by molar-refractivity contribution is 4.69. The van der Waals surface area contributed by atoms with E-state index in [1.165, 1.54) is 0 Å². The van der Waals surface area contributed by atoms with Gasteiger partial charge < -0.3 is 10.5 Å². The lowest BCUT2D eigenvalue weighted by molar-refractivity contribution is -0.176. The summed E-state index contributed by atoms with van der Waals surface area (Å²) in [4.78, 5) is 0. The van der Waals surface area contributed by atoms with E-state index in [9.17, 15) is 17.6 Å². The molecule has 2 nitrogen and oxygen atoms in total. The number of hydrogen-bond donors (Lipinski definition) is 1. The van der Waals surface area contributed by atoms with Crippen LogP contribution in [0.15, 0.2) is 0 Å². The van der Waals surface area contributed by atoms with E-state index in [2.05, 4.69) is 4.74 Å². The Morgan fingerprint density at radius 3 is 2.29 bits per heavy atom. The summed E-state index contributed by atoms with van der Waals surface area (Å²) in [6.45, 7) is 0.767. The maximum atomic E-state index is 12.4. The zero-order valence-corrected chi connectivity index (χ0v) is 7.98. The standard InChI is InChI=1S/C8H15F4NO/c1-2-6(3-4-13)14-5-8(11,12)7(9)10/h6-7H,2-5,13H2,1H3. The molecule has 2 N–H and O–H groups in total. The average Bonchev–Trinajstić information content (AvgIpc) is 2.12. The number of nitrogens with two attached hydrogens (primary N) is 1. The minimum Gasteiger partial charge on any atom is -0.372 e. The van der Waals surface area contributed by atoms with Gasteiger partial charge in [-0.2, -0.15) is 8.78 Å². The van der Waals surface area contributed by atoms with Gasteiger partial charge in [0.05, 0.1) is 6.10 Å². The summed E-state index contributed by atoms with van der Waals surface area (Å²) in [6.07, 6.45) is -3.27. The molecule has 0 heterocycles. The second kappa shape index (κ2) is 6.19. The lowest BCUT2D eigenvalue weighted by Crippen LogP contribution is -2.34. The maximum absolute atomic E-state index is 12.4. The fraction of sp³-hybridized carbons (Fsp3) is 1.00. The van der Waals surface area contributed by atoms with Crippen molar-refractivity contribution in [2.75, 3.05) is 13.2 Å². The van der Waals surface area contributed by atoms with E-state index in [-0.39, 0.29) is 0 Å². The monoisotopic (exact) mass is 217 g/mol. The summed E-state index contributed by atoms with van der Waals surface area (Å²) in [6, 6.07) is 0. The van der Waals surface area contributed by atoms with Gasteiger partial charge in [0.2, 0.25) is 0 Å². The first-order chi connectivity index (χ1) is 6.44. The van der Waals surface area contributed by atoms with Crippen molar-refractivity contribution >= 4 is 0 Å². The second-order valence-electron chi connectivity index (χ2n) is 2.98. The van der Waals surface area contributed by atoms with Crippen LogP contribution in [0, 0.1) is 0 Å². The number of alkyl halides is 4. The first-order valence-corrected chi connectivity index (χ1v) is 4.41. The van der Waals surface area contributed by atoms with Crippen LogP contribution in [0.4, 0.5) is 17.6 Å². The molecule has 0 saturated heterocycles. The van der Waals surface area contributed by atoms with Crippen LogP contribution in [0.2, 0.25) is 0 Å². The van der Waals surface area contributed by atoms with Crippen LogP contribution in [0.1, 0.15) is 19.8 Å². The van der Waals surface area contributed by atoms with Gasteiger partial charge in [-0.3, -0.25) is 0 Å². The van der Waals surface area contributed by atoms with Crippen molar-refractivity contribution in [1.29, 1.82) is 0 Å².